The lowest BCUT2D eigenvalue weighted by molar-refractivity contribution is -0.142. The highest BCUT2D eigenvalue weighted by atomic mass is 16.6. The molecule has 2 N–H and O–H groups in total. The zero-order chi connectivity index (χ0) is 34.2. The van der Waals surface area contributed by atoms with E-state index in [0.29, 0.717) is 82.3 Å². The fourth-order valence-electron chi connectivity index (χ4n) is 8.41. The molecular formula is C36H46N6O7. The third kappa shape index (κ3) is 6.71. The SMILES string of the molecule is Cc1cc(C[C@@H](OC(=O)N2CCC(N3CCc4ccccc4N(N)C3=O)CC2)C(=O)N2CCC(N3C4COCC43)CC2)cc(C)c1OC=O. The van der Waals surface area contributed by atoms with E-state index in [1.54, 1.807) is 4.90 Å². The molecule has 4 saturated heterocycles. The number of morpholine rings is 1. The number of para-hydroxylation sites is 1. The molecule has 3 atom stereocenters. The van der Waals surface area contributed by atoms with Crippen molar-refractivity contribution in [1.82, 2.24) is 19.6 Å². The Morgan fingerprint density at radius 2 is 1.57 bits per heavy atom. The molecule has 4 amide bonds. The van der Waals surface area contributed by atoms with Crippen molar-refractivity contribution in [2.45, 2.75) is 82.6 Å². The van der Waals surface area contributed by atoms with Crippen LogP contribution in [0.25, 0.3) is 0 Å². The van der Waals surface area contributed by atoms with Gasteiger partial charge in [0, 0.05) is 51.2 Å². The van der Waals surface area contributed by atoms with Crippen LogP contribution in [-0.2, 0) is 31.9 Å². The molecule has 2 aromatic carbocycles. The Bertz CT molecular complexity index is 1550. The molecule has 5 heterocycles. The van der Waals surface area contributed by atoms with Crippen molar-refractivity contribution in [2.75, 3.05) is 50.9 Å². The average molecular weight is 675 g/mol. The van der Waals surface area contributed by atoms with Gasteiger partial charge in [0.2, 0.25) is 0 Å². The Labute approximate surface area is 286 Å². The summed E-state index contributed by atoms with van der Waals surface area (Å²) in [5, 5.41) is 1.23. The molecule has 4 fully saturated rings. The lowest BCUT2D eigenvalue weighted by atomic mass is 9.99. The monoisotopic (exact) mass is 674 g/mol. The first-order valence-corrected chi connectivity index (χ1v) is 17.5. The number of rotatable bonds is 8. The number of hydrazine groups is 1. The van der Waals surface area contributed by atoms with Gasteiger partial charge < -0.3 is 28.9 Å². The molecule has 0 aliphatic carbocycles. The summed E-state index contributed by atoms with van der Waals surface area (Å²) in [4.78, 5) is 59.9. The molecule has 262 valence electrons. The number of anilines is 1. The van der Waals surface area contributed by atoms with Crippen LogP contribution in [0.3, 0.4) is 0 Å². The van der Waals surface area contributed by atoms with Gasteiger partial charge in [-0.2, -0.15) is 0 Å². The van der Waals surface area contributed by atoms with Gasteiger partial charge in [-0.3, -0.25) is 14.5 Å². The molecule has 7 rings (SSSR count). The molecule has 0 bridgehead atoms. The zero-order valence-electron chi connectivity index (χ0n) is 28.3. The minimum Gasteiger partial charge on any atom is -0.436 e. The molecule has 49 heavy (non-hydrogen) atoms. The first-order valence-electron chi connectivity index (χ1n) is 17.5. The number of benzene rings is 2. The topological polar surface area (TPSA) is 138 Å². The molecule has 0 radical (unpaired) electrons. The van der Waals surface area contributed by atoms with E-state index in [9.17, 15) is 19.2 Å². The van der Waals surface area contributed by atoms with E-state index in [1.807, 2.05) is 60.0 Å². The number of carbonyl (C=O) groups is 4. The van der Waals surface area contributed by atoms with Crippen LogP contribution in [0.1, 0.15) is 47.9 Å². The normalized spacial score (nSPS) is 25.0. The minimum atomic E-state index is -1.01. The first kappa shape index (κ1) is 33.3. The summed E-state index contributed by atoms with van der Waals surface area (Å²) in [5.74, 6) is 6.54. The predicted molar refractivity (Wildman–Crippen MR) is 180 cm³/mol. The van der Waals surface area contributed by atoms with Crippen molar-refractivity contribution in [3.63, 3.8) is 0 Å². The number of carbonyl (C=O) groups excluding carboxylic acids is 4. The maximum absolute atomic E-state index is 14.1. The first-order chi connectivity index (χ1) is 23.7. The highest BCUT2D eigenvalue weighted by Crippen LogP contribution is 2.39. The molecule has 0 saturated carbocycles. The largest absolute Gasteiger partial charge is 0.436 e. The van der Waals surface area contributed by atoms with Gasteiger partial charge in [-0.05, 0) is 74.3 Å². The van der Waals surface area contributed by atoms with Crippen LogP contribution in [0, 0.1) is 13.8 Å². The van der Waals surface area contributed by atoms with Crippen LogP contribution in [-0.4, -0.2) is 120 Å². The third-order valence-electron chi connectivity index (χ3n) is 11.0. The van der Waals surface area contributed by atoms with E-state index in [-0.39, 0.29) is 24.4 Å². The van der Waals surface area contributed by atoms with Crippen molar-refractivity contribution in [3.05, 3.63) is 58.7 Å². The van der Waals surface area contributed by atoms with Gasteiger partial charge in [0.1, 0.15) is 5.75 Å². The van der Waals surface area contributed by atoms with Gasteiger partial charge in [-0.15, -0.1) is 0 Å². The van der Waals surface area contributed by atoms with Gasteiger partial charge in [-0.25, -0.2) is 20.4 Å². The van der Waals surface area contributed by atoms with E-state index >= 15 is 0 Å². The molecule has 13 heteroatoms. The number of nitrogens with zero attached hydrogens (tertiary/aromatic N) is 5. The quantitative estimate of drug-likeness (QED) is 0.194. The van der Waals surface area contributed by atoms with Crippen molar-refractivity contribution in [2.24, 2.45) is 5.84 Å². The number of hydrogen-bond donors (Lipinski definition) is 1. The fourth-order valence-corrected chi connectivity index (χ4v) is 8.41. The number of aryl methyl sites for hydroxylation is 2. The van der Waals surface area contributed by atoms with Crippen LogP contribution in [0.5, 0.6) is 5.75 Å². The minimum absolute atomic E-state index is 0.0676. The van der Waals surface area contributed by atoms with E-state index in [4.69, 9.17) is 20.1 Å². The maximum atomic E-state index is 14.1. The summed E-state index contributed by atoms with van der Waals surface area (Å²) in [7, 11) is 0. The number of hydrogen-bond acceptors (Lipinski definition) is 9. The standard InChI is InChI=1S/C36H46N6O7/c1-23-17-25(18-24(2)33(23)48-22-43)19-32(34(44)38-12-10-28(11-13-38)41-30-20-47-21-31(30)41)49-36(46)39-14-8-27(9-15-39)40-16-7-26-5-3-4-6-29(26)42(37)35(40)45/h3-6,17-18,22,27-28,30-32H,7-16,19-21,37H2,1-2H3/t30?,31?,32-,41?/m1/s1. The van der Waals surface area contributed by atoms with E-state index in [0.717, 1.165) is 54.0 Å². The Morgan fingerprint density at radius 1 is 0.939 bits per heavy atom. The second kappa shape index (κ2) is 14.0. The zero-order valence-corrected chi connectivity index (χ0v) is 28.3. The molecule has 5 aliphatic heterocycles. The smallest absolute Gasteiger partial charge is 0.410 e. The molecule has 2 aromatic rings. The predicted octanol–water partition coefficient (Wildman–Crippen LogP) is 2.78. The molecule has 5 aliphatic rings. The van der Waals surface area contributed by atoms with Gasteiger partial charge in [0.05, 0.1) is 31.0 Å². The molecular weight excluding hydrogens is 628 g/mol. The third-order valence-corrected chi connectivity index (χ3v) is 11.0. The summed E-state index contributed by atoms with van der Waals surface area (Å²) in [6.45, 7) is 8.24. The van der Waals surface area contributed by atoms with Crippen LogP contribution >= 0.6 is 0 Å². The van der Waals surface area contributed by atoms with E-state index in [1.165, 1.54) is 5.01 Å². The number of amides is 4. The number of ether oxygens (including phenoxy) is 3. The Kier molecular flexibility index (Phi) is 9.49. The van der Waals surface area contributed by atoms with Crippen molar-refractivity contribution < 1.29 is 33.4 Å². The second-order valence-corrected chi connectivity index (χ2v) is 14.0. The number of nitrogens with two attached hydrogens (primary N) is 1. The van der Waals surface area contributed by atoms with Gasteiger partial charge in [-0.1, -0.05) is 30.3 Å². The van der Waals surface area contributed by atoms with Crippen LogP contribution in [0.4, 0.5) is 15.3 Å². The van der Waals surface area contributed by atoms with Gasteiger partial charge in [0.15, 0.2) is 6.10 Å². The van der Waals surface area contributed by atoms with Crippen LogP contribution in [0.2, 0.25) is 0 Å². The van der Waals surface area contributed by atoms with Crippen molar-refractivity contribution >= 4 is 30.2 Å². The fraction of sp³-hybridized carbons (Fsp3) is 0.556. The second-order valence-electron chi connectivity index (χ2n) is 14.0. The lowest BCUT2D eigenvalue weighted by Gasteiger charge is -2.39. The summed E-state index contributed by atoms with van der Waals surface area (Å²) in [6, 6.07) is 12.6. The van der Waals surface area contributed by atoms with E-state index < -0.39 is 12.2 Å². The van der Waals surface area contributed by atoms with Crippen molar-refractivity contribution in [3.8, 4) is 5.75 Å². The Morgan fingerprint density at radius 3 is 2.24 bits per heavy atom. The van der Waals surface area contributed by atoms with E-state index in [2.05, 4.69) is 4.90 Å². The number of piperidine rings is 2. The summed E-state index contributed by atoms with van der Waals surface area (Å²) in [5.41, 5.74) is 4.09. The Hall–Kier alpha value is -4.20. The average Bonchev–Trinajstić information content (AvgIpc) is 3.63. The summed E-state index contributed by atoms with van der Waals surface area (Å²) >= 11 is 0. The van der Waals surface area contributed by atoms with Gasteiger partial charge in [0.25, 0.3) is 12.4 Å². The number of likely N-dealkylation sites (tertiary alicyclic amines) is 2. The van der Waals surface area contributed by atoms with Crippen LogP contribution in [0.15, 0.2) is 36.4 Å². The molecule has 0 aromatic heterocycles. The van der Waals surface area contributed by atoms with Crippen molar-refractivity contribution in [1.29, 1.82) is 0 Å². The molecule has 13 nitrogen and oxygen atoms in total. The van der Waals surface area contributed by atoms with Crippen LogP contribution < -0.4 is 15.6 Å². The number of urea groups is 1. The maximum Gasteiger partial charge on any atom is 0.410 e. The molecule has 0 spiro atoms. The van der Waals surface area contributed by atoms with Gasteiger partial charge >= 0.3 is 12.1 Å². The molecule has 2 unspecified atom stereocenters. The summed E-state index contributed by atoms with van der Waals surface area (Å²) < 4.78 is 16.8. The summed E-state index contributed by atoms with van der Waals surface area (Å²) in [6.07, 6.45) is 2.28. The highest BCUT2D eigenvalue weighted by Gasteiger charge is 2.55. The highest BCUT2D eigenvalue weighted by molar-refractivity contribution is 5.92. The Balaban J connectivity index is 1.00. The number of fused-ring (bicyclic) bond motifs is 2. The lowest BCUT2D eigenvalue weighted by Crippen LogP contribution is -2.54.